The molecule has 1 aliphatic rings. The quantitative estimate of drug-likeness (QED) is 0.663. The van der Waals surface area contributed by atoms with Crippen LogP contribution in [0.5, 0.6) is 0 Å². The molecular formula is C13H29N3. The second kappa shape index (κ2) is 8.97. The van der Waals surface area contributed by atoms with Crippen LogP contribution < -0.4 is 5.32 Å². The van der Waals surface area contributed by atoms with Gasteiger partial charge in [0.25, 0.3) is 0 Å². The molecule has 1 rings (SSSR count). The average Bonchev–Trinajstić information content (AvgIpc) is 2.55. The van der Waals surface area contributed by atoms with E-state index >= 15 is 0 Å². The molecule has 1 heterocycles. The van der Waals surface area contributed by atoms with Gasteiger partial charge in [-0.3, -0.25) is 0 Å². The fraction of sp³-hybridized carbons (Fsp3) is 1.00. The van der Waals surface area contributed by atoms with Crippen molar-refractivity contribution in [2.24, 2.45) is 0 Å². The van der Waals surface area contributed by atoms with Crippen molar-refractivity contribution in [1.82, 2.24) is 15.1 Å². The minimum Gasteiger partial charge on any atom is -0.315 e. The van der Waals surface area contributed by atoms with Crippen LogP contribution in [-0.2, 0) is 0 Å². The van der Waals surface area contributed by atoms with Crippen molar-refractivity contribution in [2.75, 3.05) is 52.9 Å². The minimum atomic E-state index is 1.17. The van der Waals surface area contributed by atoms with Gasteiger partial charge in [0.05, 0.1) is 0 Å². The summed E-state index contributed by atoms with van der Waals surface area (Å²) in [7, 11) is 2.26. The summed E-state index contributed by atoms with van der Waals surface area (Å²) < 4.78 is 0. The first-order valence-electron chi connectivity index (χ1n) is 6.94. The number of nitrogens with one attached hydrogen (secondary N) is 1. The Kier molecular flexibility index (Phi) is 7.81. The van der Waals surface area contributed by atoms with Crippen molar-refractivity contribution in [2.45, 2.75) is 32.6 Å². The van der Waals surface area contributed by atoms with E-state index in [4.69, 9.17) is 0 Å². The predicted molar refractivity (Wildman–Crippen MR) is 70.9 cm³/mol. The molecule has 0 bridgehead atoms. The lowest BCUT2D eigenvalue weighted by atomic mass is 10.2. The first-order chi connectivity index (χ1) is 7.83. The van der Waals surface area contributed by atoms with Gasteiger partial charge < -0.3 is 15.1 Å². The van der Waals surface area contributed by atoms with Gasteiger partial charge in [0.2, 0.25) is 0 Å². The lowest BCUT2D eigenvalue weighted by molar-refractivity contribution is 0.233. The monoisotopic (exact) mass is 227 g/mol. The molecule has 0 saturated carbocycles. The third-order valence-corrected chi connectivity index (χ3v) is 3.37. The highest BCUT2D eigenvalue weighted by molar-refractivity contribution is 4.67. The van der Waals surface area contributed by atoms with Gasteiger partial charge in [0.1, 0.15) is 0 Å². The number of hydrogen-bond donors (Lipinski definition) is 1. The van der Waals surface area contributed by atoms with Crippen molar-refractivity contribution in [3.05, 3.63) is 0 Å². The van der Waals surface area contributed by atoms with Crippen LogP contribution in [0.1, 0.15) is 32.6 Å². The van der Waals surface area contributed by atoms with Crippen LogP contribution in [0.15, 0.2) is 0 Å². The first kappa shape index (κ1) is 13.9. The fourth-order valence-electron chi connectivity index (χ4n) is 2.18. The topological polar surface area (TPSA) is 18.5 Å². The van der Waals surface area contributed by atoms with Crippen LogP contribution in [0.25, 0.3) is 0 Å². The second-order valence-corrected chi connectivity index (χ2v) is 4.96. The zero-order valence-electron chi connectivity index (χ0n) is 11.2. The van der Waals surface area contributed by atoms with Crippen molar-refractivity contribution >= 4 is 0 Å². The van der Waals surface area contributed by atoms with Crippen LogP contribution in [0, 0.1) is 0 Å². The molecule has 0 radical (unpaired) electrons. The third-order valence-electron chi connectivity index (χ3n) is 3.37. The van der Waals surface area contributed by atoms with Crippen LogP contribution in [0.4, 0.5) is 0 Å². The van der Waals surface area contributed by atoms with E-state index in [1.54, 1.807) is 0 Å². The normalized spacial score (nSPS) is 18.9. The zero-order chi connectivity index (χ0) is 11.6. The predicted octanol–water partition coefficient (Wildman–Crippen LogP) is 1.40. The van der Waals surface area contributed by atoms with Gasteiger partial charge in [0, 0.05) is 26.2 Å². The Balaban J connectivity index is 2.03. The average molecular weight is 227 g/mol. The Labute approximate surface area is 101 Å². The lowest BCUT2D eigenvalue weighted by Crippen LogP contribution is -2.35. The van der Waals surface area contributed by atoms with Gasteiger partial charge in [-0.1, -0.05) is 19.8 Å². The molecule has 0 aromatic rings. The number of likely N-dealkylation sites (N-methyl/N-ethyl adjacent to an activating group) is 1. The van der Waals surface area contributed by atoms with Gasteiger partial charge in [-0.25, -0.2) is 0 Å². The summed E-state index contributed by atoms with van der Waals surface area (Å²) in [5.74, 6) is 0. The maximum absolute atomic E-state index is 3.45. The molecule has 96 valence electrons. The van der Waals surface area contributed by atoms with Gasteiger partial charge in [-0.15, -0.1) is 0 Å². The molecule has 0 aromatic carbocycles. The number of unbranched alkanes of at least 4 members (excludes halogenated alkanes) is 2. The lowest BCUT2D eigenvalue weighted by Gasteiger charge is -2.23. The molecule has 1 fully saturated rings. The van der Waals surface area contributed by atoms with Gasteiger partial charge in [-0.2, -0.15) is 0 Å². The van der Waals surface area contributed by atoms with Crippen LogP contribution in [0.2, 0.25) is 0 Å². The van der Waals surface area contributed by atoms with E-state index in [0.717, 1.165) is 0 Å². The zero-order valence-corrected chi connectivity index (χ0v) is 11.2. The molecule has 1 saturated heterocycles. The summed E-state index contributed by atoms with van der Waals surface area (Å²) in [4.78, 5) is 5.07. The molecule has 0 atom stereocenters. The van der Waals surface area contributed by atoms with Crippen molar-refractivity contribution < 1.29 is 0 Å². The molecule has 0 aliphatic carbocycles. The highest BCUT2D eigenvalue weighted by Gasteiger charge is 2.08. The first-order valence-corrected chi connectivity index (χ1v) is 6.94. The Bertz CT molecular complexity index is 153. The highest BCUT2D eigenvalue weighted by Crippen LogP contribution is 1.98. The fourth-order valence-corrected chi connectivity index (χ4v) is 2.18. The molecule has 0 amide bonds. The summed E-state index contributed by atoms with van der Waals surface area (Å²) in [6, 6.07) is 0. The molecule has 3 heteroatoms. The summed E-state index contributed by atoms with van der Waals surface area (Å²) >= 11 is 0. The Hall–Kier alpha value is -0.120. The van der Waals surface area contributed by atoms with E-state index in [1.165, 1.54) is 71.5 Å². The molecule has 1 aliphatic heterocycles. The molecule has 3 nitrogen and oxygen atoms in total. The van der Waals surface area contributed by atoms with E-state index in [-0.39, 0.29) is 0 Å². The smallest absolute Gasteiger partial charge is 0.0110 e. The maximum Gasteiger partial charge on any atom is 0.0110 e. The largest absolute Gasteiger partial charge is 0.315 e. The standard InChI is InChI=1S/C13H29N3/c1-3-4-5-9-15(2)12-13-16-10-6-7-14-8-11-16/h14H,3-13H2,1-2H3. The van der Waals surface area contributed by atoms with E-state index < -0.39 is 0 Å². The van der Waals surface area contributed by atoms with Crippen LogP contribution in [-0.4, -0.2) is 62.7 Å². The van der Waals surface area contributed by atoms with Crippen LogP contribution in [0.3, 0.4) is 0 Å². The molecule has 0 aromatic heterocycles. The van der Waals surface area contributed by atoms with Gasteiger partial charge >= 0.3 is 0 Å². The minimum absolute atomic E-state index is 1.17. The summed E-state index contributed by atoms with van der Waals surface area (Å²) in [5.41, 5.74) is 0. The molecule has 0 unspecified atom stereocenters. The Morgan fingerprint density at radius 1 is 1.12 bits per heavy atom. The van der Waals surface area contributed by atoms with E-state index in [0.29, 0.717) is 0 Å². The highest BCUT2D eigenvalue weighted by atomic mass is 15.2. The Morgan fingerprint density at radius 3 is 2.81 bits per heavy atom. The molecule has 1 N–H and O–H groups in total. The van der Waals surface area contributed by atoms with Gasteiger partial charge in [0.15, 0.2) is 0 Å². The van der Waals surface area contributed by atoms with Crippen molar-refractivity contribution in [1.29, 1.82) is 0 Å². The molecule has 16 heavy (non-hydrogen) atoms. The summed E-state index contributed by atoms with van der Waals surface area (Å²) in [5, 5.41) is 3.45. The van der Waals surface area contributed by atoms with Crippen molar-refractivity contribution in [3.63, 3.8) is 0 Å². The van der Waals surface area contributed by atoms with E-state index in [1.807, 2.05) is 0 Å². The number of hydrogen-bond acceptors (Lipinski definition) is 3. The van der Waals surface area contributed by atoms with Gasteiger partial charge in [-0.05, 0) is 39.5 Å². The third kappa shape index (κ3) is 6.46. The maximum atomic E-state index is 3.45. The van der Waals surface area contributed by atoms with Crippen LogP contribution >= 0.6 is 0 Å². The SMILES string of the molecule is CCCCCN(C)CCN1CCCNCC1. The van der Waals surface area contributed by atoms with E-state index in [9.17, 15) is 0 Å². The van der Waals surface area contributed by atoms with Crippen molar-refractivity contribution in [3.8, 4) is 0 Å². The number of nitrogens with zero attached hydrogens (tertiary/aromatic N) is 2. The van der Waals surface area contributed by atoms with E-state index in [2.05, 4.69) is 29.1 Å². The molecular weight excluding hydrogens is 198 g/mol. The number of rotatable bonds is 7. The summed E-state index contributed by atoms with van der Waals surface area (Å²) in [6.45, 7) is 10.9. The summed E-state index contributed by atoms with van der Waals surface area (Å²) in [6.07, 6.45) is 5.36. The Morgan fingerprint density at radius 2 is 2.00 bits per heavy atom. The second-order valence-electron chi connectivity index (χ2n) is 4.96. The molecule has 0 spiro atoms.